The fraction of sp³-hybridized carbons (Fsp3) is 0.435. The summed E-state index contributed by atoms with van der Waals surface area (Å²) in [7, 11) is 1.73. The van der Waals surface area contributed by atoms with Gasteiger partial charge in [-0.05, 0) is 30.7 Å². The van der Waals surface area contributed by atoms with Crippen LogP contribution in [0.15, 0.2) is 59.7 Å². The number of benzene rings is 1. The minimum atomic E-state index is 0.167. The Kier molecular flexibility index (Phi) is 8.97. The second-order valence-corrected chi connectivity index (χ2v) is 7.25. The standard InChI is InChI=1S/C23H32N6O2/c1-24-23(26-13-7-19-31-20-8-3-2-4-9-20)27-14-11-22(30)29-17-15-28(16-18-29)21-10-5-6-12-25-21/h2-6,8-10,12H,7,11,13-19H2,1H3,(H2,24,26,27). The monoisotopic (exact) mass is 424 g/mol. The lowest BCUT2D eigenvalue weighted by atomic mass is 10.2. The van der Waals surface area contributed by atoms with Gasteiger partial charge in [0.25, 0.3) is 0 Å². The SMILES string of the molecule is CN=C(NCCCOc1ccccc1)NCCC(=O)N1CCN(c2ccccn2)CC1. The van der Waals surface area contributed by atoms with Gasteiger partial charge in [-0.25, -0.2) is 4.98 Å². The van der Waals surface area contributed by atoms with Crippen molar-refractivity contribution >= 4 is 17.7 Å². The molecule has 8 nitrogen and oxygen atoms in total. The van der Waals surface area contributed by atoms with E-state index in [1.807, 2.05) is 53.4 Å². The van der Waals surface area contributed by atoms with E-state index < -0.39 is 0 Å². The first-order valence-electron chi connectivity index (χ1n) is 10.8. The Morgan fingerprint density at radius 2 is 1.77 bits per heavy atom. The molecule has 1 aromatic heterocycles. The number of nitrogens with zero attached hydrogens (tertiary/aromatic N) is 4. The number of aromatic nitrogens is 1. The molecule has 1 aliphatic rings. The molecule has 1 amide bonds. The smallest absolute Gasteiger partial charge is 0.224 e. The van der Waals surface area contributed by atoms with Gasteiger partial charge in [-0.1, -0.05) is 24.3 Å². The van der Waals surface area contributed by atoms with Crippen molar-refractivity contribution in [1.29, 1.82) is 0 Å². The summed E-state index contributed by atoms with van der Waals surface area (Å²) < 4.78 is 5.68. The first-order chi connectivity index (χ1) is 15.3. The number of hydrogen-bond donors (Lipinski definition) is 2. The largest absolute Gasteiger partial charge is 0.494 e. The highest BCUT2D eigenvalue weighted by Gasteiger charge is 2.21. The molecule has 1 aliphatic heterocycles. The summed E-state index contributed by atoms with van der Waals surface area (Å²) in [6.45, 7) is 5.01. The van der Waals surface area contributed by atoms with E-state index in [9.17, 15) is 4.79 Å². The van der Waals surface area contributed by atoms with Crippen molar-refractivity contribution in [3.63, 3.8) is 0 Å². The zero-order valence-corrected chi connectivity index (χ0v) is 18.2. The van der Waals surface area contributed by atoms with Gasteiger partial charge >= 0.3 is 0 Å². The van der Waals surface area contributed by atoms with Gasteiger partial charge in [0.2, 0.25) is 5.91 Å². The third-order valence-corrected chi connectivity index (χ3v) is 5.09. The molecule has 2 aromatic rings. The molecule has 0 radical (unpaired) electrons. The van der Waals surface area contributed by atoms with Crippen LogP contribution in [-0.2, 0) is 4.79 Å². The van der Waals surface area contributed by atoms with Crippen LogP contribution in [0.2, 0.25) is 0 Å². The second-order valence-electron chi connectivity index (χ2n) is 7.25. The fourth-order valence-corrected chi connectivity index (χ4v) is 3.38. The average Bonchev–Trinajstić information content (AvgIpc) is 2.84. The summed E-state index contributed by atoms with van der Waals surface area (Å²) in [6, 6.07) is 15.7. The molecular formula is C23H32N6O2. The summed E-state index contributed by atoms with van der Waals surface area (Å²) in [4.78, 5) is 25.3. The summed E-state index contributed by atoms with van der Waals surface area (Å²) in [5.41, 5.74) is 0. The number of rotatable bonds is 9. The molecule has 0 saturated carbocycles. The summed E-state index contributed by atoms with van der Waals surface area (Å²) in [5, 5.41) is 6.47. The molecule has 1 saturated heterocycles. The number of guanidine groups is 1. The van der Waals surface area contributed by atoms with Gasteiger partial charge in [0.15, 0.2) is 5.96 Å². The van der Waals surface area contributed by atoms with Gasteiger partial charge < -0.3 is 25.2 Å². The molecule has 1 aromatic carbocycles. The van der Waals surface area contributed by atoms with Crippen molar-refractivity contribution in [3.05, 3.63) is 54.7 Å². The predicted molar refractivity (Wildman–Crippen MR) is 124 cm³/mol. The van der Waals surface area contributed by atoms with E-state index in [2.05, 4.69) is 25.5 Å². The molecule has 0 aliphatic carbocycles. The van der Waals surface area contributed by atoms with Crippen molar-refractivity contribution < 1.29 is 9.53 Å². The first kappa shape index (κ1) is 22.4. The number of para-hydroxylation sites is 1. The van der Waals surface area contributed by atoms with Crippen LogP contribution in [0.1, 0.15) is 12.8 Å². The zero-order valence-electron chi connectivity index (χ0n) is 18.2. The third kappa shape index (κ3) is 7.47. The van der Waals surface area contributed by atoms with Crippen LogP contribution < -0.4 is 20.3 Å². The van der Waals surface area contributed by atoms with Crippen molar-refractivity contribution in [2.45, 2.75) is 12.8 Å². The lowest BCUT2D eigenvalue weighted by Crippen LogP contribution is -2.49. The Labute approximate surface area is 184 Å². The molecule has 2 heterocycles. The number of piperazine rings is 1. The lowest BCUT2D eigenvalue weighted by molar-refractivity contribution is -0.131. The van der Waals surface area contributed by atoms with E-state index in [1.54, 1.807) is 13.2 Å². The van der Waals surface area contributed by atoms with E-state index in [1.165, 1.54) is 0 Å². The molecule has 0 spiro atoms. The molecular weight excluding hydrogens is 392 g/mol. The maximum Gasteiger partial charge on any atom is 0.224 e. The Balaban J connectivity index is 1.27. The highest BCUT2D eigenvalue weighted by Crippen LogP contribution is 2.13. The first-order valence-corrected chi connectivity index (χ1v) is 10.8. The van der Waals surface area contributed by atoms with Crippen molar-refractivity contribution in [3.8, 4) is 5.75 Å². The number of carbonyl (C=O) groups excluding carboxylic acids is 1. The van der Waals surface area contributed by atoms with Gasteiger partial charge in [0, 0.05) is 58.9 Å². The van der Waals surface area contributed by atoms with Crippen LogP contribution in [0.5, 0.6) is 5.75 Å². The zero-order chi connectivity index (χ0) is 21.7. The molecule has 0 bridgehead atoms. The topological polar surface area (TPSA) is 82.1 Å². The predicted octanol–water partition coefficient (Wildman–Crippen LogP) is 1.75. The van der Waals surface area contributed by atoms with Gasteiger partial charge in [0.1, 0.15) is 11.6 Å². The molecule has 8 heteroatoms. The number of hydrogen-bond acceptors (Lipinski definition) is 5. The molecule has 0 atom stereocenters. The number of nitrogens with one attached hydrogen (secondary N) is 2. The van der Waals surface area contributed by atoms with E-state index in [-0.39, 0.29) is 5.91 Å². The third-order valence-electron chi connectivity index (χ3n) is 5.09. The van der Waals surface area contributed by atoms with Crippen molar-refractivity contribution in [2.75, 3.05) is 57.8 Å². The Morgan fingerprint density at radius 1 is 1.03 bits per heavy atom. The molecule has 0 unspecified atom stereocenters. The van der Waals surface area contributed by atoms with E-state index >= 15 is 0 Å². The second kappa shape index (κ2) is 12.4. The van der Waals surface area contributed by atoms with E-state index in [0.29, 0.717) is 25.5 Å². The molecule has 3 rings (SSSR count). The number of aliphatic imine (C=N–C) groups is 1. The van der Waals surface area contributed by atoms with Crippen LogP contribution >= 0.6 is 0 Å². The number of ether oxygens (including phenoxy) is 1. The summed E-state index contributed by atoms with van der Waals surface area (Å²) in [6.07, 6.45) is 3.10. The lowest BCUT2D eigenvalue weighted by Gasteiger charge is -2.35. The van der Waals surface area contributed by atoms with Crippen molar-refractivity contribution in [1.82, 2.24) is 20.5 Å². The van der Waals surface area contributed by atoms with Crippen LogP contribution in [0.4, 0.5) is 5.82 Å². The molecule has 31 heavy (non-hydrogen) atoms. The number of pyridine rings is 1. The summed E-state index contributed by atoms with van der Waals surface area (Å²) in [5.74, 6) is 2.72. The Hall–Kier alpha value is -3.29. The van der Waals surface area contributed by atoms with Gasteiger partial charge in [-0.15, -0.1) is 0 Å². The van der Waals surface area contributed by atoms with Gasteiger partial charge in [-0.3, -0.25) is 9.79 Å². The van der Waals surface area contributed by atoms with Gasteiger partial charge in [-0.2, -0.15) is 0 Å². The molecule has 2 N–H and O–H groups in total. The quantitative estimate of drug-likeness (QED) is 0.363. The number of anilines is 1. The van der Waals surface area contributed by atoms with Crippen LogP contribution in [0.25, 0.3) is 0 Å². The van der Waals surface area contributed by atoms with Crippen molar-refractivity contribution in [2.24, 2.45) is 4.99 Å². The molecule has 1 fully saturated rings. The maximum atomic E-state index is 12.5. The van der Waals surface area contributed by atoms with Crippen LogP contribution in [0.3, 0.4) is 0 Å². The molecule has 166 valence electrons. The van der Waals surface area contributed by atoms with E-state index in [0.717, 1.165) is 50.7 Å². The highest BCUT2D eigenvalue weighted by atomic mass is 16.5. The van der Waals surface area contributed by atoms with Crippen LogP contribution in [0, 0.1) is 0 Å². The Morgan fingerprint density at radius 3 is 2.48 bits per heavy atom. The minimum absolute atomic E-state index is 0.167. The maximum absolute atomic E-state index is 12.5. The Bertz CT molecular complexity index is 807. The fourth-order valence-electron chi connectivity index (χ4n) is 3.38. The number of amides is 1. The van der Waals surface area contributed by atoms with Gasteiger partial charge in [0.05, 0.1) is 6.61 Å². The average molecular weight is 425 g/mol. The van der Waals surface area contributed by atoms with Crippen LogP contribution in [-0.4, -0.2) is 74.7 Å². The highest BCUT2D eigenvalue weighted by molar-refractivity contribution is 5.81. The van der Waals surface area contributed by atoms with E-state index in [4.69, 9.17) is 4.74 Å². The minimum Gasteiger partial charge on any atom is -0.494 e. The number of carbonyl (C=O) groups is 1. The summed E-state index contributed by atoms with van der Waals surface area (Å²) >= 11 is 0. The normalized spacial score (nSPS) is 14.3.